The summed E-state index contributed by atoms with van der Waals surface area (Å²) >= 11 is 0. The number of nitrogens with zero attached hydrogens (tertiary/aromatic N) is 2. The van der Waals surface area contributed by atoms with E-state index in [0.717, 1.165) is 43.2 Å². The number of hydrogen-bond donors (Lipinski definition) is 3. The van der Waals surface area contributed by atoms with Crippen molar-refractivity contribution in [2.75, 3.05) is 32.1 Å². The second kappa shape index (κ2) is 11.6. The highest BCUT2D eigenvalue weighted by molar-refractivity contribution is 14.0. The summed E-state index contributed by atoms with van der Waals surface area (Å²) in [5.41, 5.74) is 3.61. The lowest BCUT2D eigenvalue weighted by Gasteiger charge is -2.35. The molecule has 0 spiro atoms. The van der Waals surface area contributed by atoms with Gasteiger partial charge in [0.2, 0.25) is 0 Å². The molecule has 6 nitrogen and oxygen atoms in total. The maximum Gasteiger partial charge on any atom is 0.191 e. The van der Waals surface area contributed by atoms with E-state index in [-0.39, 0.29) is 35.1 Å². The number of hydrogen-bond acceptors (Lipinski definition) is 4. The number of benzene rings is 2. The second-order valence-electron chi connectivity index (χ2n) is 9.12. The van der Waals surface area contributed by atoms with Crippen LogP contribution in [0, 0.1) is 0 Å². The Morgan fingerprint density at radius 2 is 1.78 bits per heavy atom. The lowest BCUT2D eigenvalue weighted by atomic mass is 9.87. The molecule has 3 rings (SSSR count). The van der Waals surface area contributed by atoms with Crippen molar-refractivity contribution in [3.05, 3.63) is 53.6 Å². The predicted octanol–water partition coefficient (Wildman–Crippen LogP) is 4.65. The number of phenols is 1. The Bertz CT molecular complexity index is 886. The van der Waals surface area contributed by atoms with E-state index in [1.807, 2.05) is 6.07 Å². The zero-order chi connectivity index (χ0) is 22.4. The fraction of sp³-hybridized carbons (Fsp3) is 0.480. The fourth-order valence-electron chi connectivity index (χ4n) is 3.85. The predicted molar refractivity (Wildman–Crippen MR) is 144 cm³/mol. The van der Waals surface area contributed by atoms with E-state index >= 15 is 0 Å². The minimum absolute atomic E-state index is 0. The highest BCUT2D eigenvalue weighted by Crippen LogP contribution is 2.26. The van der Waals surface area contributed by atoms with Crippen molar-refractivity contribution in [1.29, 1.82) is 0 Å². The number of piperidine rings is 1. The van der Waals surface area contributed by atoms with Crippen LogP contribution >= 0.6 is 24.0 Å². The van der Waals surface area contributed by atoms with Crippen LogP contribution in [0.15, 0.2) is 47.5 Å². The number of halogens is 1. The van der Waals surface area contributed by atoms with Crippen molar-refractivity contribution >= 4 is 35.6 Å². The Hall–Kier alpha value is -2.16. The van der Waals surface area contributed by atoms with Gasteiger partial charge in [-0.1, -0.05) is 32.9 Å². The number of methoxy groups -OCH3 is 1. The molecule has 1 aliphatic heterocycles. The first-order chi connectivity index (χ1) is 14.8. The van der Waals surface area contributed by atoms with Gasteiger partial charge >= 0.3 is 0 Å². The van der Waals surface area contributed by atoms with Crippen LogP contribution in [0.25, 0.3) is 0 Å². The van der Waals surface area contributed by atoms with Gasteiger partial charge in [-0.2, -0.15) is 0 Å². The van der Waals surface area contributed by atoms with E-state index in [2.05, 4.69) is 65.6 Å². The molecule has 0 unspecified atom stereocenters. The number of phenolic OH excluding ortho intramolecular Hbond substituents is 1. The maximum atomic E-state index is 10.1. The molecule has 0 radical (unpaired) electrons. The molecule has 176 valence electrons. The summed E-state index contributed by atoms with van der Waals surface area (Å²) in [6.07, 6.45) is 2.10. The molecule has 1 fully saturated rings. The standard InChI is InChI=1S/C25H36N4O2.HI/c1-25(2,3)19-6-8-21(9-7-19)29-14-12-20(13-15-29)28-24(26-4)27-17-18-16-22(31-5)10-11-23(18)30;/h6-11,16,20,30H,12-15,17H2,1-5H3,(H2,26,27,28);1H. The quantitative estimate of drug-likeness (QED) is 0.286. The summed E-state index contributed by atoms with van der Waals surface area (Å²) in [5.74, 6) is 1.71. The Balaban J connectivity index is 0.00000363. The second-order valence-corrected chi connectivity index (χ2v) is 9.12. The molecule has 0 saturated carbocycles. The average molecular weight is 553 g/mol. The highest BCUT2D eigenvalue weighted by atomic mass is 127. The van der Waals surface area contributed by atoms with Gasteiger partial charge in [0, 0.05) is 44.0 Å². The van der Waals surface area contributed by atoms with Gasteiger partial charge in [-0.3, -0.25) is 4.99 Å². The van der Waals surface area contributed by atoms with Crippen LogP contribution in [0.4, 0.5) is 5.69 Å². The van der Waals surface area contributed by atoms with Gasteiger partial charge in [-0.25, -0.2) is 0 Å². The van der Waals surface area contributed by atoms with E-state index in [9.17, 15) is 5.11 Å². The number of guanidine groups is 1. The molecule has 1 heterocycles. The molecule has 2 aromatic rings. The zero-order valence-corrected chi connectivity index (χ0v) is 22.1. The summed E-state index contributed by atoms with van der Waals surface area (Å²) < 4.78 is 5.24. The van der Waals surface area contributed by atoms with Crippen LogP contribution in [0.2, 0.25) is 0 Å². The first-order valence-electron chi connectivity index (χ1n) is 11.0. The number of aromatic hydroxyl groups is 1. The summed E-state index contributed by atoms with van der Waals surface area (Å²) in [4.78, 5) is 6.80. The minimum Gasteiger partial charge on any atom is -0.508 e. The third-order valence-corrected chi connectivity index (χ3v) is 5.89. The van der Waals surface area contributed by atoms with E-state index in [4.69, 9.17) is 4.74 Å². The Labute approximate surface area is 209 Å². The molecule has 0 aliphatic carbocycles. The molecule has 3 N–H and O–H groups in total. The number of aliphatic imine (C=N–C) groups is 1. The minimum atomic E-state index is 0. The molecular weight excluding hydrogens is 515 g/mol. The molecule has 0 bridgehead atoms. The lowest BCUT2D eigenvalue weighted by Crippen LogP contribution is -2.48. The molecule has 1 saturated heterocycles. The molecule has 2 aromatic carbocycles. The van der Waals surface area contributed by atoms with Gasteiger partial charge < -0.3 is 25.4 Å². The van der Waals surface area contributed by atoms with Crippen molar-refractivity contribution < 1.29 is 9.84 Å². The zero-order valence-electron chi connectivity index (χ0n) is 19.8. The molecule has 0 amide bonds. The van der Waals surface area contributed by atoms with Crippen LogP contribution in [-0.2, 0) is 12.0 Å². The average Bonchev–Trinajstić information content (AvgIpc) is 2.77. The first kappa shape index (κ1) is 26.1. The third kappa shape index (κ3) is 6.92. The van der Waals surface area contributed by atoms with Gasteiger partial charge in [0.25, 0.3) is 0 Å². The number of ether oxygens (including phenoxy) is 1. The topological polar surface area (TPSA) is 69.1 Å². The van der Waals surface area contributed by atoms with E-state index in [0.29, 0.717) is 12.6 Å². The smallest absolute Gasteiger partial charge is 0.191 e. The van der Waals surface area contributed by atoms with E-state index in [1.54, 1.807) is 26.3 Å². The third-order valence-electron chi connectivity index (χ3n) is 5.89. The fourth-order valence-corrected chi connectivity index (χ4v) is 3.85. The van der Waals surface area contributed by atoms with Gasteiger partial charge in [0.1, 0.15) is 11.5 Å². The van der Waals surface area contributed by atoms with Crippen molar-refractivity contribution in [3.63, 3.8) is 0 Å². The van der Waals surface area contributed by atoms with E-state index in [1.165, 1.54) is 11.3 Å². The largest absolute Gasteiger partial charge is 0.508 e. The van der Waals surface area contributed by atoms with Crippen LogP contribution < -0.4 is 20.3 Å². The summed E-state index contributed by atoms with van der Waals surface area (Å²) in [5, 5.41) is 16.9. The first-order valence-corrected chi connectivity index (χ1v) is 11.0. The number of rotatable bonds is 5. The Morgan fingerprint density at radius 3 is 2.34 bits per heavy atom. The van der Waals surface area contributed by atoms with Crippen LogP contribution in [0.1, 0.15) is 44.7 Å². The molecule has 32 heavy (non-hydrogen) atoms. The molecular formula is C25H37IN4O2. The maximum absolute atomic E-state index is 10.1. The Morgan fingerprint density at radius 1 is 1.12 bits per heavy atom. The number of anilines is 1. The summed E-state index contributed by atoms with van der Waals surface area (Å²) in [7, 11) is 3.39. The number of nitrogens with one attached hydrogen (secondary N) is 2. The van der Waals surface area contributed by atoms with Crippen LogP contribution in [0.5, 0.6) is 11.5 Å². The van der Waals surface area contributed by atoms with Crippen molar-refractivity contribution in [3.8, 4) is 11.5 Å². The molecule has 0 atom stereocenters. The summed E-state index contributed by atoms with van der Waals surface area (Å²) in [6, 6.07) is 14.6. The van der Waals surface area contributed by atoms with Gasteiger partial charge in [0.05, 0.1) is 7.11 Å². The van der Waals surface area contributed by atoms with E-state index < -0.39 is 0 Å². The molecule has 1 aliphatic rings. The van der Waals surface area contributed by atoms with Crippen LogP contribution in [0.3, 0.4) is 0 Å². The van der Waals surface area contributed by atoms with Crippen molar-refractivity contribution in [2.45, 2.75) is 51.6 Å². The Kier molecular flexibility index (Phi) is 9.48. The van der Waals surface area contributed by atoms with Crippen LogP contribution in [-0.4, -0.2) is 44.4 Å². The summed E-state index contributed by atoms with van der Waals surface area (Å²) in [6.45, 7) is 9.24. The molecule has 0 aromatic heterocycles. The van der Waals surface area contributed by atoms with Gasteiger partial charge in [0.15, 0.2) is 5.96 Å². The SMILES string of the molecule is CN=C(NCc1cc(OC)ccc1O)NC1CCN(c2ccc(C(C)(C)C)cc2)CC1.I. The van der Waals surface area contributed by atoms with Crippen molar-refractivity contribution in [2.24, 2.45) is 4.99 Å². The van der Waals surface area contributed by atoms with Gasteiger partial charge in [-0.05, 0) is 54.2 Å². The van der Waals surface area contributed by atoms with Crippen molar-refractivity contribution in [1.82, 2.24) is 10.6 Å². The normalized spacial score (nSPS) is 15.2. The lowest BCUT2D eigenvalue weighted by molar-refractivity contribution is 0.410. The van der Waals surface area contributed by atoms with Gasteiger partial charge in [-0.15, -0.1) is 24.0 Å². The highest BCUT2D eigenvalue weighted by Gasteiger charge is 2.21. The molecule has 7 heteroatoms. The monoisotopic (exact) mass is 552 g/mol.